The zero-order valence-electron chi connectivity index (χ0n) is 10.7. The summed E-state index contributed by atoms with van der Waals surface area (Å²) in [5.74, 6) is 0. The third-order valence-corrected chi connectivity index (χ3v) is 4.46. The van der Waals surface area contributed by atoms with Crippen LogP contribution in [0.5, 0.6) is 0 Å². The molecule has 1 aromatic carbocycles. The molecular weight excluding hydrogens is 242 g/mol. The monoisotopic (exact) mass is 259 g/mol. The first-order valence-electron chi connectivity index (χ1n) is 6.16. The molecule has 1 aliphatic rings. The molecule has 0 radical (unpaired) electrons. The lowest BCUT2D eigenvalue weighted by atomic mass is 9.84. The molecule has 0 saturated carbocycles. The second kappa shape index (κ2) is 4.44. The number of hydrogen-bond acceptors (Lipinski definition) is 3. The molecule has 2 heterocycles. The topological polar surface area (TPSA) is 40.7 Å². The van der Waals surface area contributed by atoms with Gasteiger partial charge < -0.3 is 10.3 Å². The average molecular weight is 259 g/mol. The molecule has 0 spiro atoms. The Kier molecular flexibility index (Phi) is 2.92. The average Bonchev–Trinajstić information content (AvgIpc) is 2.89. The summed E-state index contributed by atoms with van der Waals surface area (Å²) in [5, 5.41) is 3.60. The lowest BCUT2D eigenvalue weighted by Crippen LogP contribution is -2.46. The Balaban J connectivity index is 2.05. The summed E-state index contributed by atoms with van der Waals surface area (Å²) in [4.78, 5) is 9.05. The van der Waals surface area contributed by atoms with Gasteiger partial charge in [0.1, 0.15) is 0 Å². The molecule has 0 bridgehead atoms. The first-order chi connectivity index (χ1) is 8.74. The van der Waals surface area contributed by atoms with Crippen molar-refractivity contribution < 1.29 is 0 Å². The Labute approximate surface area is 111 Å². The van der Waals surface area contributed by atoms with Gasteiger partial charge in [0.2, 0.25) is 0 Å². The second-order valence-corrected chi connectivity index (χ2v) is 5.64. The van der Waals surface area contributed by atoms with Gasteiger partial charge in [0.15, 0.2) is 0 Å². The summed E-state index contributed by atoms with van der Waals surface area (Å²) in [6.07, 6.45) is 4.92. The molecule has 0 amide bonds. The number of aromatic nitrogens is 2. The molecule has 1 aliphatic heterocycles. The van der Waals surface area contributed by atoms with Crippen molar-refractivity contribution in [2.75, 3.05) is 12.8 Å². The maximum absolute atomic E-state index is 4.51. The van der Waals surface area contributed by atoms with E-state index in [-0.39, 0.29) is 5.54 Å². The number of hydrogen-bond donors (Lipinski definition) is 2. The number of nitrogens with one attached hydrogen (secondary N) is 2. The molecule has 94 valence electrons. The number of H-pyrrole nitrogens is 1. The van der Waals surface area contributed by atoms with Crippen LogP contribution in [0.25, 0.3) is 0 Å². The third-order valence-electron chi connectivity index (χ3n) is 3.71. The van der Waals surface area contributed by atoms with Crippen molar-refractivity contribution >= 4 is 11.8 Å². The predicted octanol–water partition coefficient (Wildman–Crippen LogP) is 2.54. The summed E-state index contributed by atoms with van der Waals surface area (Å²) < 4.78 is 0. The molecule has 0 aliphatic carbocycles. The van der Waals surface area contributed by atoms with Crippen LogP contribution in [-0.4, -0.2) is 22.8 Å². The molecule has 2 aromatic rings. The van der Waals surface area contributed by atoms with Crippen LogP contribution in [0.2, 0.25) is 0 Å². The lowest BCUT2D eigenvalue weighted by Gasteiger charge is -2.34. The van der Waals surface area contributed by atoms with Gasteiger partial charge in [-0.15, -0.1) is 11.8 Å². The Hall–Kier alpha value is -1.26. The van der Waals surface area contributed by atoms with Crippen LogP contribution in [0.1, 0.15) is 23.9 Å². The number of nitrogens with zero attached hydrogens (tertiary/aromatic N) is 1. The Morgan fingerprint density at radius 3 is 2.78 bits per heavy atom. The summed E-state index contributed by atoms with van der Waals surface area (Å²) in [7, 11) is 0. The van der Waals surface area contributed by atoms with Gasteiger partial charge in [-0.25, -0.2) is 4.98 Å². The van der Waals surface area contributed by atoms with E-state index in [1.165, 1.54) is 16.2 Å². The fourth-order valence-electron chi connectivity index (χ4n) is 2.63. The fourth-order valence-corrected chi connectivity index (χ4v) is 3.04. The highest BCUT2D eigenvalue weighted by Crippen LogP contribution is 2.33. The van der Waals surface area contributed by atoms with E-state index in [1.54, 1.807) is 18.1 Å². The smallest absolute Gasteiger partial charge is 0.0926 e. The van der Waals surface area contributed by atoms with Crippen LogP contribution < -0.4 is 5.32 Å². The molecule has 0 fully saturated rings. The number of benzene rings is 1. The second-order valence-electron chi connectivity index (χ2n) is 4.76. The summed E-state index contributed by atoms with van der Waals surface area (Å²) in [6.45, 7) is 3.19. The van der Waals surface area contributed by atoms with Crippen molar-refractivity contribution in [1.82, 2.24) is 15.3 Å². The molecule has 1 unspecified atom stereocenters. The van der Waals surface area contributed by atoms with Gasteiger partial charge >= 0.3 is 0 Å². The minimum Gasteiger partial charge on any atom is -0.348 e. The summed E-state index contributed by atoms with van der Waals surface area (Å²) in [6, 6.07) is 8.74. The van der Waals surface area contributed by atoms with E-state index in [9.17, 15) is 0 Å². The van der Waals surface area contributed by atoms with Gasteiger partial charge in [0, 0.05) is 23.6 Å². The van der Waals surface area contributed by atoms with Crippen molar-refractivity contribution in [3.63, 3.8) is 0 Å². The maximum atomic E-state index is 4.51. The number of imidazole rings is 1. The minimum absolute atomic E-state index is 0.176. The Bertz CT molecular complexity index is 546. The largest absolute Gasteiger partial charge is 0.348 e. The van der Waals surface area contributed by atoms with E-state index in [0.29, 0.717) is 0 Å². The number of thioether (sulfide) groups is 1. The highest BCUT2D eigenvalue weighted by atomic mass is 32.2. The summed E-state index contributed by atoms with van der Waals surface area (Å²) >= 11 is 1.77. The van der Waals surface area contributed by atoms with E-state index in [1.807, 2.05) is 0 Å². The van der Waals surface area contributed by atoms with Crippen molar-refractivity contribution in [3.8, 4) is 0 Å². The molecule has 0 saturated heterocycles. The SMILES string of the molecule is CSc1ccc(C2(C)NCCc3[nH]cnc32)cc1. The van der Waals surface area contributed by atoms with E-state index in [0.717, 1.165) is 18.7 Å². The molecule has 4 heteroatoms. The van der Waals surface area contributed by atoms with Crippen molar-refractivity contribution in [2.24, 2.45) is 0 Å². The molecule has 3 rings (SSSR count). The fraction of sp³-hybridized carbons (Fsp3) is 0.357. The molecular formula is C14H17N3S. The minimum atomic E-state index is -0.176. The molecule has 1 atom stereocenters. The quantitative estimate of drug-likeness (QED) is 0.814. The molecule has 18 heavy (non-hydrogen) atoms. The van der Waals surface area contributed by atoms with Crippen molar-refractivity contribution in [3.05, 3.63) is 47.5 Å². The van der Waals surface area contributed by atoms with E-state index in [4.69, 9.17) is 0 Å². The highest BCUT2D eigenvalue weighted by Gasteiger charge is 2.35. The van der Waals surface area contributed by atoms with Crippen LogP contribution in [0.15, 0.2) is 35.5 Å². The van der Waals surface area contributed by atoms with Crippen LogP contribution in [0.3, 0.4) is 0 Å². The van der Waals surface area contributed by atoms with Gasteiger partial charge in [-0.05, 0) is 30.9 Å². The Morgan fingerprint density at radius 1 is 1.28 bits per heavy atom. The van der Waals surface area contributed by atoms with Gasteiger partial charge in [0.25, 0.3) is 0 Å². The number of rotatable bonds is 2. The van der Waals surface area contributed by atoms with Crippen LogP contribution in [0.4, 0.5) is 0 Å². The standard InChI is InChI=1S/C14H17N3S/c1-14(10-3-5-11(18-2)6-4-10)13-12(7-8-17-14)15-9-16-13/h3-6,9,17H,7-8H2,1-2H3,(H,15,16). The van der Waals surface area contributed by atoms with Crippen LogP contribution in [0, 0.1) is 0 Å². The highest BCUT2D eigenvalue weighted by molar-refractivity contribution is 7.98. The Morgan fingerprint density at radius 2 is 2.06 bits per heavy atom. The predicted molar refractivity (Wildman–Crippen MR) is 75.0 cm³/mol. The number of fused-ring (bicyclic) bond motifs is 1. The first-order valence-corrected chi connectivity index (χ1v) is 7.39. The lowest BCUT2D eigenvalue weighted by molar-refractivity contribution is 0.403. The van der Waals surface area contributed by atoms with E-state index >= 15 is 0 Å². The third kappa shape index (κ3) is 1.76. The molecule has 1 aromatic heterocycles. The zero-order chi connectivity index (χ0) is 12.6. The molecule has 3 nitrogen and oxygen atoms in total. The van der Waals surface area contributed by atoms with Crippen LogP contribution >= 0.6 is 11.8 Å². The first kappa shape index (κ1) is 11.8. The van der Waals surface area contributed by atoms with Gasteiger partial charge in [0.05, 0.1) is 17.6 Å². The van der Waals surface area contributed by atoms with Crippen LogP contribution in [-0.2, 0) is 12.0 Å². The van der Waals surface area contributed by atoms with E-state index < -0.39 is 0 Å². The van der Waals surface area contributed by atoms with Crippen molar-refractivity contribution in [1.29, 1.82) is 0 Å². The zero-order valence-corrected chi connectivity index (χ0v) is 11.5. The maximum Gasteiger partial charge on any atom is 0.0926 e. The van der Waals surface area contributed by atoms with Gasteiger partial charge in [-0.1, -0.05) is 12.1 Å². The normalized spacial score (nSPS) is 22.8. The van der Waals surface area contributed by atoms with E-state index in [2.05, 4.69) is 52.7 Å². The van der Waals surface area contributed by atoms with Gasteiger partial charge in [-0.2, -0.15) is 0 Å². The number of aromatic amines is 1. The van der Waals surface area contributed by atoms with Gasteiger partial charge in [-0.3, -0.25) is 0 Å². The molecule has 2 N–H and O–H groups in total. The summed E-state index contributed by atoms with van der Waals surface area (Å²) in [5.41, 5.74) is 3.48. The van der Waals surface area contributed by atoms with Crippen molar-refractivity contribution in [2.45, 2.75) is 23.8 Å².